The van der Waals surface area contributed by atoms with Crippen molar-refractivity contribution in [2.45, 2.75) is 30.3 Å². The van der Waals surface area contributed by atoms with E-state index in [0.29, 0.717) is 17.9 Å². The predicted molar refractivity (Wildman–Crippen MR) is 76.9 cm³/mol. The van der Waals surface area contributed by atoms with E-state index in [1.54, 1.807) is 16.4 Å². The quantitative estimate of drug-likeness (QED) is 0.730. The Labute approximate surface area is 121 Å². The second-order valence-electron chi connectivity index (χ2n) is 4.90. The molecular weight excluding hydrogens is 332 g/mol. The van der Waals surface area contributed by atoms with Crippen LogP contribution in [0, 0.1) is 0 Å². The van der Waals surface area contributed by atoms with Gasteiger partial charge in [-0.1, -0.05) is 15.9 Å². The first-order valence-corrected chi connectivity index (χ1v) is 8.34. The molecule has 0 aromatic heterocycles. The molecule has 1 aromatic rings. The van der Waals surface area contributed by atoms with Crippen LogP contribution in [0.3, 0.4) is 0 Å². The number of halogens is 1. The zero-order valence-corrected chi connectivity index (χ0v) is 12.7. The number of hydrogen-bond donors (Lipinski definition) is 3. The van der Waals surface area contributed by atoms with E-state index < -0.39 is 10.8 Å². The van der Waals surface area contributed by atoms with Crippen molar-refractivity contribution < 1.29 is 13.9 Å². The summed E-state index contributed by atoms with van der Waals surface area (Å²) in [4.78, 5) is 11.9. The smallest absolute Gasteiger partial charge is 0.221 e. The van der Waals surface area contributed by atoms with E-state index in [2.05, 4.69) is 21.2 Å². The van der Waals surface area contributed by atoms with Crippen LogP contribution in [0.4, 0.5) is 0 Å². The first-order valence-electron chi connectivity index (χ1n) is 6.04. The molecule has 1 saturated heterocycles. The zero-order valence-electron chi connectivity index (χ0n) is 10.3. The Kier molecular flexibility index (Phi) is 3.14. The van der Waals surface area contributed by atoms with Crippen molar-refractivity contribution in [1.82, 2.24) is 9.62 Å². The molecule has 2 aliphatic rings. The minimum atomic E-state index is -3.00. The van der Waals surface area contributed by atoms with E-state index >= 15 is 0 Å². The molecule has 2 aliphatic heterocycles. The molecule has 0 radical (unpaired) electrons. The fraction of sp³-hybridized carbons (Fsp3) is 0.417. The molecule has 1 aromatic carbocycles. The number of nitrogens with zero attached hydrogens (tertiary/aromatic N) is 1. The van der Waals surface area contributed by atoms with Crippen molar-refractivity contribution in [3.8, 4) is 0 Å². The normalized spacial score (nSPS) is 31.1. The van der Waals surface area contributed by atoms with Gasteiger partial charge in [0.15, 0.2) is 0 Å². The summed E-state index contributed by atoms with van der Waals surface area (Å²) in [7, 11) is -3.00. The van der Waals surface area contributed by atoms with Gasteiger partial charge < -0.3 is 5.32 Å². The van der Waals surface area contributed by atoms with Gasteiger partial charge in [0.1, 0.15) is 0 Å². The highest BCUT2D eigenvalue weighted by Gasteiger charge is 2.46. The van der Waals surface area contributed by atoms with Crippen molar-refractivity contribution in [3.63, 3.8) is 0 Å². The van der Waals surface area contributed by atoms with Crippen molar-refractivity contribution in [2.24, 2.45) is 0 Å². The molecule has 2 atom stereocenters. The average molecular weight is 347 g/mol. The maximum absolute atomic E-state index is 11.4. The molecule has 2 unspecified atom stereocenters. The van der Waals surface area contributed by atoms with Crippen LogP contribution in [0.25, 0.3) is 0 Å². The highest BCUT2D eigenvalue weighted by molar-refractivity contribution is 9.10. The molecule has 2 heterocycles. The van der Waals surface area contributed by atoms with Gasteiger partial charge in [-0.3, -0.25) is 13.9 Å². The lowest BCUT2D eigenvalue weighted by Gasteiger charge is -2.42. The maximum atomic E-state index is 11.4. The molecular formula is C12H15BrN2O3S. The molecule has 1 fully saturated rings. The van der Waals surface area contributed by atoms with Crippen molar-refractivity contribution >= 4 is 32.6 Å². The molecule has 0 bridgehead atoms. The summed E-state index contributed by atoms with van der Waals surface area (Å²) in [5.74, 6) is -0.0375. The fourth-order valence-electron chi connectivity index (χ4n) is 2.86. The topological polar surface area (TPSA) is 72.8 Å². The van der Waals surface area contributed by atoms with Crippen molar-refractivity contribution in [1.29, 1.82) is 0 Å². The molecule has 3 N–H and O–H groups in total. The van der Waals surface area contributed by atoms with Gasteiger partial charge in [0.25, 0.3) is 0 Å². The Balaban J connectivity index is 2.02. The predicted octanol–water partition coefficient (Wildman–Crippen LogP) is 2.74. The Morgan fingerprint density at radius 1 is 1.47 bits per heavy atom. The minimum absolute atomic E-state index is 0.0375. The molecule has 0 aliphatic carbocycles. The van der Waals surface area contributed by atoms with E-state index in [1.165, 1.54) is 0 Å². The van der Waals surface area contributed by atoms with Gasteiger partial charge in [-0.05, 0) is 30.7 Å². The van der Waals surface area contributed by atoms with Gasteiger partial charge in [-0.2, -0.15) is 4.31 Å². The number of nitrogens with one attached hydrogen (secondary N) is 1. The number of hydrogen-bond acceptors (Lipinski definition) is 4. The van der Waals surface area contributed by atoms with Crippen LogP contribution in [-0.2, 0) is 4.79 Å². The van der Waals surface area contributed by atoms with Crippen LogP contribution in [0.15, 0.2) is 27.6 Å². The van der Waals surface area contributed by atoms with Gasteiger partial charge in [-0.15, -0.1) is 10.8 Å². The summed E-state index contributed by atoms with van der Waals surface area (Å²) in [5.41, 5.74) is 0.911. The Morgan fingerprint density at radius 3 is 2.84 bits per heavy atom. The summed E-state index contributed by atoms with van der Waals surface area (Å²) in [6.45, 7) is 2.41. The van der Waals surface area contributed by atoms with Gasteiger partial charge in [0.05, 0.1) is 17.0 Å². The van der Waals surface area contributed by atoms with Gasteiger partial charge in [-0.25, -0.2) is 0 Å². The van der Waals surface area contributed by atoms with E-state index in [-0.39, 0.29) is 18.0 Å². The number of rotatable bonds is 1. The number of fused-ring (bicyclic) bond motifs is 1. The van der Waals surface area contributed by atoms with Crippen LogP contribution < -0.4 is 5.32 Å². The van der Waals surface area contributed by atoms with E-state index in [4.69, 9.17) is 0 Å². The summed E-state index contributed by atoms with van der Waals surface area (Å²) < 4.78 is 23.6. The highest BCUT2D eigenvalue weighted by Crippen LogP contribution is 2.64. The minimum Gasteiger partial charge on any atom is -0.354 e. The lowest BCUT2D eigenvalue weighted by molar-refractivity contribution is -0.119. The third kappa shape index (κ3) is 2.00. The highest BCUT2D eigenvalue weighted by atomic mass is 79.9. The summed E-state index contributed by atoms with van der Waals surface area (Å²) in [6.07, 6.45) is 0.315. The monoisotopic (exact) mass is 346 g/mol. The van der Waals surface area contributed by atoms with Gasteiger partial charge in [0.2, 0.25) is 5.91 Å². The lowest BCUT2D eigenvalue weighted by atomic mass is 10.1. The second-order valence-corrected chi connectivity index (χ2v) is 7.71. The molecule has 0 saturated carbocycles. The van der Waals surface area contributed by atoms with Crippen LogP contribution in [-0.4, -0.2) is 31.9 Å². The Bertz CT molecular complexity index is 552. The molecule has 1 amide bonds. The molecule has 0 spiro atoms. The number of benzene rings is 1. The van der Waals surface area contributed by atoms with Crippen LogP contribution in [0.1, 0.15) is 24.9 Å². The Hall–Kier alpha value is -0.600. The number of carbonyl (C=O) groups excluding carboxylic acids is 1. The average Bonchev–Trinajstić information content (AvgIpc) is 2.81. The third-order valence-electron chi connectivity index (χ3n) is 3.71. The molecule has 5 nitrogen and oxygen atoms in total. The van der Waals surface area contributed by atoms with Crippen LogP contribution >= 0.6 is 26.7 Å². The summed E-state index contributed by atoms with van der Waals surface area (Å²) >= 11 is 3.40. The maximum Gasteiger partial charge on any atom is 0.221 e. The zero-order chi connectivity index (χ0) is 13.8. The molecule has 19 heavy (non-hydrogen) atoms. The SMILES string of the molecule is CC1c2cc(Br)ccc2S(O)(O)N1C1CNC(=O)C1. The van der Waals surface area contributed by atoms with E-state index in [0.717, 1.165) is 10.0 Å². The summed E-state index contributed by atoms with van der Waals surface area (Å²) in [6, 6.07) is 5.18. The van der Waals surface area contributed by atoms with Gasteiger partial charge in [0, 0.05) is 17.4 Å². The number of carbonyl (C=O) groups is 1. The van der Waals surface area contributed by atoms with Crippen molar-refractivity contribution in [2.75, 3.05) is 6.54 Å². The summed E-state index contributed by atoms with van der Waals surface area (Å²) in [5, 5.41) is 2.74. The molecule has 7 heteroatoms. The lowest BCUT2D eigenvalue weighted by Crippen LogP contribution is -2.36. The molecule has 3 rings (SSSR count). The van der Waals surface area contributed by atoms with Crippen LogP contribution in [0.2, 0.25) is 0 Å². The standard InChI is InChI=1S/C12H15BrN2O3S/c1-7-10-4-8(13)2-3-11(10)19(17,18)15(7)9-5-12(16)14-6-9/h2-4,7,9,17-18H,5-6H2,1H3,(H,14,16). The van der Waals surface area contributed by atoms with Crippen molar-refractivity contribution in [3.05, 3.63) is 28.2 Å². The Morgan fingerprint density at radius 2 is 2.21 bits per heavy atom. The first-order chi connectivity index (χ1) is 8.91. The first kappa shape index (κ1) is 13.4. The number of amides is 1. The second kappa shape index (κ2) is 4.46. The van der Waals surface area contributed by atoms with Crippen LogP contribution in [0.5, 0.6) is 0 Å². The largest absolute Gasteiger partial charge is 0.354 e. The van der Waals surface area contributed by atoms with Gasteiger partial charge >= 0.3 is 0 Å². The third-order valence-corrected chi connectivity index (χ3v) is 6.37. The molecule has 104 valence electrons. The fourth-order valence-corrected chi connectivity index (χ4v) is 5.38. The van der Waals surface area contributed by atoms with E-state index in [9.17, 15) is 13.9 Å². The van der Waals surface area contributed by atoms with E-state index in [1.807, 2.05) is 13.0 Å².